The first-order valence-electron chi connectivity index (χ1n) is 5.55. The lowest BCUT2D eigenvalue weighted by Gasteiger charge is -2.13. The molecule has 0 heterocycles. The van der Waals surface area contributed by atoms with Crippen molar-refractivity contribution in [3.05, 3.63) is 22.8 Å². The number of esters is 1. The molecule has 1 aromatic carbocycles. The number of nitrogen functional groups attached to an aromatic ring is 1. The Bertz CT molecular complexity index is 497. The fourth-order valence-electron chi connectivity index (χ4n) is 1.67. The van der Waals surface area contributed by atoms with Crippen molar-refractivity contribution >= 4 is 17.6 Å². The topological polar surface area (TPSA) is 116 Å². The Morgan fingerprint density at radius 2 is 1.94 bits per heavy atom. The molecule has 0 bridgehead atoms. The van der Waals surface area contributed by atoms with Crippen LogP contribution in [0, 0.1) is 0 Å². The number of nitrogens with two attached hydrogens (primary N) is 2. The number of ether oxygens (including phenoxy) is 1. The van der Waals surface area contributed by atoms with E-state index >= 15 is 0 Å². The lowest BCUT2D eigenvalue weighted by molar-refractivity contribution is 0.0523. The van der Waals surface area contributed by atoms with Gasteiger partial charge in [-0.05, 0) is 19.4 Å². The van der Waals surface area contributed by atoms with Crippen molar-refractivity contribution < 1.29 is 19.4 Å². The van der Waals surface area contributed by atoms with E-state index in [-0.39, 0.29) is 29.2 Å². The zero-order chi connectivity index (χ0) is 13.9. The number of phenols is 1. The average Bonchev–Trinajstić information content (AvgIpc) is 2.29. The third-order valence-corrected chi connectivity index (χ3v) is 2.56. The zero-order valence-electron chi connectivity index (χ0n) is 10.3. The van der Waals surface area contributed by atoms with Crippen LogP contribution in [-0.4, -0.2) is 23.6 Å². The van der Waals surface area contributed by atoms with Crippen molar-refractivity contribution in [2.24, 2.45) is 5.73 Å². The number of hydrogen-bond acceptors (Lipinski definition) is 5. The van der Waals surface area contributed by atoms with Gasteiger partial charge in [0.2, 0.25) is 0 Å². The van der Waals surface area contributed by atoms with E-state index in [1.54, 1.807) is 13.8 Å². The number of primary amides is 1. The van der Waals surface area contributed by atoms with E-state index in [1.807, 2.05) is 0 Å². The number of aromatic hydroxyl groups is 1. The predicted octanol–water partition coefficient (Wildman–Crippen LogP) is 0.812. The van der Waals surface area contributed by atoms with E-state index < -0.39 is 11.9 Å². The van der Waals surface area contributed by atoms with Gasteiger partial charge in [-0.15, -0.1) is 0 Å². The maximum absolute atomic E-state index is 11.6. The molecule has 0 saturated carbocycles. The molecule has 0 aliphatic heterocycles. The monoisotopic (exact) mass is 252 g/mol. The van der Waals surface area contributed by atoms with Crippen LogP contribution in [0.3, 0.4) is 0 Å². The summed E-state index contributed by atoms with van der Waals surface area (Å²) in [7, 11) is 0. The summed E-state index contributed by atoms with van der Waals surface area (Å²) in [5, 5.41) is 9.94. The third-order valence-electron chi connectivity index (χ3n) is 2.56. The first-order chi connectivity index (χ1) is 8.43. The number of rotatable bonds is 4. The molecule has 98 valence electrons. The van der Waals surface area contributed by atoms with Crippen LogP contribution in [0.4, 0.5) is 5.69 Å². The van der Waals surface area contributed by atoms with Crippen molar-refractivity contribution in [1.82, 2.24) is 0 Å². The highest BCUT2D eigenvalue weighted by Crippen LogP contribution is 2.32. The first kappa shape index (κ1) is 13.8. The van der Waals surface area contributed by atoms with Crippen LogP contribution in [0.15, 0.2) is 6.07 Å². The van der Waals surface area contributed by atoms with Crippen molar-refractivity contribution in [2.75, 3.05) is 12.3 Å². The highest BCUT2D eigenvalue weighted by molar-refractivity contribution is 6.03. The van der Waals surface area contributed by atoms with Crippen molar-refractivity contribution in [1.29, 1.82) is 0 Å². The number of anilines is 1. The van der Waals surface area contributed by atoms with Gasteiger partial charge in [0, 0.05) is 5.56 Å². The lowest BCUT2D eigenvalue weighted by Crippen LogP contribution is -2.17. The molecule has 1 amide bonds. The van der Waals surface area contributed by atoms with Crippen LogP contribution in [0.1, 0.15) is 40.1 Å². The number of hydrogen-bond donors (Lipinski definition) is 3. The summed E-state index contributed by atoms with van der Waals surface area (Å²) in [6, 6.07) is 1.16. The summed E-state index contributed by atoms with van der Waals surface area (Å²) in [6.07, 6.45) is 0.366. The standard InChI is InChI=1S/C12H16N2O4/c1-3-6-9(13)7(11(14)16)5-8(10(6)15)12(17)18-4-2/h5,15H,3-4,13H2,1-2H3,(H2,14,16). The van der Waals surface area contributed by atoms with E-state index in [2.05, 4.69) is 0 Å². The second kappa shape index (κ2) is 5.39. The Balaban J connectivity index is 3.48. The van der Waals surface area contributed by atoms with E-state index in [0.29, 0.717) is 12.0 Å². The van der Waals surface area contributed by atoms with Crippen LogP contribution in [0.25, 0.3) is 0 Å². The fourth-order valence-corrected chi connectivity index (χ4v) is 1.67. The maximum atomic E-state index is 11.6. The van der Waals surface area contributed by atoms with Gasteiger partial charge in [-0.3, -0.25) is 4.79 Å². The Kier molecular flexibility index (Phi) is 4.14. The molecule has 0 aliphatic carbocycles. The molecule has 5 N–H and O–H groups in total. The van der Waals surface area contributed by atoms with Gasteiger partial charge in [0.1, 0.15) is 11.3 Å². The van der Waals surface area contributed by atoms with E-state index in [0.717, 1.165) is 6.07 Å². The van der Waals surface area contributed by atoms with Crippen LogP contribution in [-0.2, 0) is 11.2 Å². The molecular weight excluding hydrogens is 236 g/mol. The number of amides is 1. The maximum Gasteiger partial charge on any atom is 0.341 e. The number of carbonyl (C=O) groups is 2. The van der Waals surface area contributed by atoms with Gasteiger partial charge < -0.3 is 21.3 Å². The van der Waals surface area contributed by atoms with Gasteiger partial charge >= 0.3 is 5.97 Å². The molecule has 0 unspecified atom stereocenters. The van der Waals surface area contributed by atoms with Crippen LogP contribution in [0.5, 0.6) is 5.75 Å². The Hall–Kier alpha value is -2.24. The normalized spacial score (nSPS) is 10.1. The van der Waals surface area contributed by atoms with Crippen molar-refractivity contribution in [2.45, 2.75) is 20.3 Å². The second-order valence-corrected chi connectivity index (χ2v) is 3.65. The highest BCUT2D eigenvalue weighted by atomic mass is 16.5. The molecule has 0 aliphatic rings. The predicted molar refractivity (Wildman–Crippen MR) is 66.4 cm³/mol. The largest absolute Gasteiger partial charge is 0.507 e. The number of benzene rings is 1. The van der Waals surface area contributed by atoms with Gasteiger partial charge in [0.05, 0.1) is 17.9 Å². The summed E-state index contributed by atoms with van der Waals surface area (Å²) in [4.78, 5) is 22.9. The first-order valence-corrected chi connectivity index (χ1v) is 5.55. The number of carbonyl (C=O) groups excluding carboxylic acids is 2. The molecule has 0 spiro atoms. The summed E-state index contributed by atoms with van der Waals surface area (Å²) in [6.45, 7) is 3.54. The van der Waals surface area contributed by atoms with Crippen LogP contribution >= 0.6 is 0 Å². The van der Waals surface area contributed by atoms with Gasteiger partial charge in [-0.25, -0.2) is 4.79 Å². The van der Waals surface area contributed by atoms with Gasteiger partial charge in [0.15, 0.2) is 0 Å². The smallest absolute Gasteiger partial charge is 0.341 e. The SMILES string of the molecule is CCOC(=O)c1cc(C(N)=O)c(N)c(CC)c1O. The number of phenolic OH excluding ortho intramolecular Hbond substituents is 1. The van der Waals surface area contributed by atoms with Crippen LogP contribution in [0.2, 0.25) is 0 Å². The molecule has 18 heavy (non-hydrogen) atoms. The van der Waals surface area contributed by atoms with E-state index in [4.69, 9.17) is 16.2 Å². The third kappa shape index (κ3) is 2.37. The fraction of sp³-hybridized carbons (Fsp3) is 0.333. The van der Waals surface area contributed by atoms with E-state index in [9.17, 15) is 14.7 Å². The minimum atomic E-state index is -0.757. The Labute approximate surface area is 105 Å². The molecular formula is C12H16N2O4. The van der Waals surface area contributed by atoms with Crippen LogP contribution < -0.4 is 11.5 Å². The molecule has 0 radical (unpaired) electrons. The molecule has 0 aromatic heterocycles. The summed E-state index contributed by atoms with van der Waals surface area (Å²) in [5.74, 6) is -1.74. The van der Waals surface area contributed by atoms with Crippen molar-refractivity contribution in [3.63, 3.8) is 0 Å². The minimum Gasteiger partial charge on any atom is -0.507 e. The average molecular weight is 252 g/mol. The quantitative estimate of drug-likeness (QED) is 0.541. The Morgan fingerprint density at radius 1 is 1.33 bits per heavy atom. The molecule has 0 fully saturated rings. The second-order valence-electron chi connectivity index (χ2n) is 3.65. The molecule has 0 atom stereocenters. The summed E-state index contributed by atoms with van der Waals surface area (Å²) in [5.41, 5.74) is 11.2. The molecule has 1 rings (SSSR count). The molecule has 6 heteroatoms. The van der Waals surface area contributed by atoms with Gasteiger partial charge in [0.25, 0.3) is 5.91 Å². The van der Waals surface area contributed by atoms with Crippen molar-refractivity contribution in [3.8, 4) is 5.75 Å². The lowest BCUT2D eigenvalue weighted by atomic mass is 9.99. The van der Waals surface area contributed by atoms with E-state index in [1.165, 1.54) is 0 Å². The highest BCUT2D eigenvalue weighted by Gasteiger charge is 2.22. The summed E-state index contributed by atoms with van der Waals surface area (Å²) >= 11 is 0. The zero-order valence-corrected chi connectivity index (χ0v) is 10.3. The minimum absolute atomic E-state index is 0.00713. The van der Waals surface area contributed by atoms with Gasteiger partial charge in [-0.1, -0.05) is 6.92 Å². The summed E-state index contributed by atoms with van der Waals surface area (Å²) < 4.78 is 4.79. The molecule has 6 nitrogen and oxygen atoms in total. The Morgan fingerprint density at radius 3 is 2.39 bits per heavy atom. The molecule has 0 saturated heterocycles. The van der Waals surface area contributed by atoms with Gasteiger partial charge in [-0.2, -0.15) is 0 Å². The molecule has 1 aromatic rings.